The van der Waals surface area contributed by atoms with Crippen molar-refractivity contribution in [2.75, 3.05) is 0 Å². The van der Waals surface area contributed by atoms with Crippen LogP contribution < -0.4 is 0 Å². The van der Waals surface area contributed by atoms with E-state index in [4.69, 9.17) is 0 Å². The molecule has 1 aromatic heterocycles. The van der Waals surface area contributed by atoms with E-state index in [1.165, 1.54) is 0 Å². The fourth-order valence-corrected chi connectivity index (χ4v) is 1.96. The van der Waals surface area contributed by atoms with Crippen LogP contribution >= 0.6 is 22.6 Å². The first-order valence-electron chi connectivity index (χ1n) is 4.95. The van der Waals surface area contributed by atoms with E-state index in [1.807, 2.05) is 53.8 Å². The van der Waals surface area contributed by atoms with Gasteiger partial charge in [-0.15, -0.1) is 0 Å². The topological polar surface area (TPSA) is 56.0 Å². The molecule has 0 spiro atoms. The minimum absolute atomic E-state index is 0.0451. The number of benzene rings is 1. The average Bonchev–Trinajstić information content (AvgIpc) is 2.30. The normalized spacial score (nSPS) is 10.2. The van der Waals surface area contributed by atoms with Gasteiger partial charge in [-0.3, -0.25) is 10.1 Å². The third-order valence-corrected chi connectivity index (χ3v) is 3.23. The van der Waals surface area contributed by atoms with Gasteiger partial charge in [-0.1, -0.05) is 29.8 Å². The van der Waals surface area contributed by atoms with Crippen LogP contribution in [0.3, 0.4) is 0 Å². The van der Waals surface area contributed by atoms with Gasteiger partial charge in [0.25, 0.3) is 0 Å². The van der Waals surface area contributed by atoms with Gasteiger partial charge in [-0.25, -0.2) is 4.98 Å². The van der Waals surface area contributed by atoms with E-state index in [0.717, 1.165) is 16.7 Å². The maximum Gasteiger partial charge on any atom is 0.301 e. The summed E-state index contributed by atoms with van der Waals surface area (Å²) in [5.74, 6) is 0. The minimum atomic E-state index is -0.410. The molecular weight excluding hydrogens is 331 g/mol. The third kappa shape index (κ3) is 2.60. The maximum absolute atomic E-state index is 10.8. The van der Waals surface area contributed by atoms with E-state index in [-0.39, 0.29) is 5.69 Å². The van der Waals surface area contributed by atoms with E-state index < -0.39 is 4.92 Å². The van der Waals surface area contributed by atoms with Gasteiger partial charge in [-0.2, -0.15) is 0 Å². The molecule has 0 aliphatic heterocycles. The van der Waals surface area contributed by atoms with Crippen LogP contribution in [0.25, 0.3) is 11.1 Å². The number of aryl methyl sites for hydroxylation is 1. The van der Waals surface area contributed by atoms with Gasteiger partial charge < -0.3 is 0 Å². The lowest BCUT2D eigenvalue weighted by molar-refractivity contribution is -0.386. The lowest BCUT2D eigenvalue weighted by Gasteiger charge is -2.02. The SMILES string of the molecule is Cc1ccc(-c2cnc(I)c([N+](=O)[O-])c2)cc1. The van der Waals surface area contributed by atoms with E-state index in [2.05, 4.69) is 4.98 Å². The summed E-state index contributed by atoms with van der Waals surface area (Å²) in [6.45, 7) is 2.00. The van der Waals surface area contributed by atoms with Crippen molar-refractivity contribution in [3.8, 4) is 11.1 Å². The van der Waals surface area contributed by atoms with Crippen LogP contribution in [0.5, 0.6) is 0 Å². The quantitative estimate of drug-likeness (QED) is 0.363. The summed E-state index contributed by atoms with van der Waals surface area (Å²) in [6.07, 6.45) is 1.65. The summed E-state index contributed by atoms with van der Waals surface area (Å²) in [5, 5.41) is 10.8. The molecule has 0 radical (unpaired) electrons. The number of aromatic nitrogens is 1. The molecule has 2 rings (SSSR count). The van der Waals surface area contributed by atoms with Crippen LogP contribution in [0.4, 0.5) is 5.69 Å². The third-order valence-electron chi connectivity index (χ3n) is 2.40. The van der Waals surface area contributed by atoms with Crippen LogP contribution in [0.15, 0.2) is 36.5 Å². The molecule has 86 valence electrons. The molecule has 0 saturated heterocycles. The van der Waals surface area contributed by atoms with Crippen molar-refractivity contribution >= 4 is 28.3 Å². The molecule has 1 aromatic carbocycles. The molecular formula is C12H9IN2O2. The predicted octanol–water partition coefficient (Wildman–Crippen LogP) is 3.57. The Hall–Kier alpha value is -1.50. The number of halogens is 1. The van der Waals surface area contributed by atoms with Crippen LogP contribution in [0.2, 0.25) is 0 Å². The second-order valence-corrected chi connectivity index (χ2v) is 4.68. The van der Waals surface area contributed by atoms with Crippen LogP contribution in [0, 0.1) is 20.7 Å². The second kappa shape index (κ2) is 4.79. The average molecular weight is 340 g/mol. The Labute approximate surface area is 112 Å². The zero-order valence-corrected chi connectivity index (χ0v) is 11.2. The first kappa shape index (κ1) is 12.0. The van der Waals surface area contributed by atoms with Crippen molar-refractivity contribution < 1.29 is 4.92 Å². The molecule has 0 aliphatic rings. The van der Waals surface area contributed by atoms with Crippen molar-refractivity contribution in [3.63, 3.8) is 0 Å². The first-order valence-corrected chi connectivity index (χ1v) is 6.03. The monoisotopic (exact) mass is 340 g/mol. The molecule has 0 bridgehead atoms. The number of nitrogens with zero attached hydrogens (tertiary/aromatic N) is 2. The first-order chi connectivity index (χ1) is 8.08. The fourth-order valence-electron chi connectivity index (χ4n) is 1.47. The minimum Gasteiger partial charge on any atom is -0.258 e. The van der Waals surface area contributed by atoms with Gasteiger partial charge in [0.2, 0.25) is 0 Å². The number of hydrogen-bond acceptors (Lipinski definition) is 3. The Bertz CT molecular complexity index is 567. The highest BCUT2D eigenvalue weighted by Crippen LogP contribution is 2.26. The molecule has 0 saturated carbocycles. The summed E-state index contributed by atoms with van der Waals surface area (Å²) in [6, 6.07) is 9.36. The Balaban J connectivity index is 2.50. The zero-order valence-electron chi connectivity index (χ0n) is 9.05. The lowest BCUT2D eigenvalue weighted by atomic mass is 10.1. The molecule has 2 aromatic rings. The molecule has 0 atom stereocenters. The van der Waals surface area contributed by atoms with Crippen molar-refractivity contribution in [2.24, 2.45) is 0 Å². The van der Waals surface area contributed by atoms with Gasteiger partial charge in [0, 0.05) is 17.8 Å². The molecule has 5 heteroatoms. The van der Waals surface area contributed by atoms with E-state index >= 15 is 0 Å². The molecule has 0 aliphatic carbocycles. The van der Waals surface area contributed by atoms with E-state index in [0.29, 0.717) is 3.70 Å². The Morgan fingerprint density at radius 3 is 2.47 bits per heavy atom. The molecule has 0 amide bonds. The van der Waals surface area contributed by atoms with E-state index in [1.54, 1.807) is 12.3 Å². The van der Waals surface area contributed by atoms with Gasteiger partial charge in [0.05, 0.1) is 4.92 Å². The standard InChI is InChI=1S/C12H9IN2O2/c1-8-2-4-9(5-3-8)10-6-11(15(16)17)12(13)14-7-10/h2-7H,1H3. The molecule has 1 heterocycles. The number of hydrogen-bond donors (Lipinski definition) is 0. The van der Waals surface area contributed by atoms with Crippen molar-refractivity contribution in [1.82, 2.24) is 4.98 Å². The largest absolute Gasteiger partial charge is 0.301 e. The van der Waals surface area contributed by atoms with Gasteiger partial charge in [0.15, 0.2) is 3.70 Å². The summed E-state index contributed by atoms with van der Waals surface area (Å²) in [5.41, 5.74) is 2.89. The molecule has 0 unspecified atom stereocenters. The molecule has 4 nitrogen and oxygen atoms in total. The number of pyridine rings is 1. The summed E-state index contributed by atoms with van der Waals surface area (Å²) < 4.78 is 0.406. The van der Waals surface area contributed by atoms with Crippen LogP contribution in [-0.4, -0.2) is 9.91 Å². The van der Waals surface area contributed by atoms with Crippen molar-refractivity contribution in [2.45, 2.75) is 6.92 Å². The summed E-state index contributed by atoms with van der Waals surface area (Å²) in [7, 11) is 0. The van der Waals surface area contributed by atoms with Gasteiger partial charge >= 0.3 is 5.69 Å². The maximum atomic E-state index is 10.8. The number of nitro groups is 1. The highest BCUT2D eigenvalue weighted by Gasteiger charge is 2.14. The van der Waals surface area contributed by atoms with E-state index in [9.17, 15) is 10.1 Å². The van der Waals surface area contributed by atoms with Gasteiger partial charge in [0.1, 0.15) is 0 Å². The van der Waals surface area contributed by atoms with Crippen molar-refractivity contribution in [1.29, 1.82) is 0 Å². The predicted molar refractivity (Wildman–Crippen MR) is 73.8 cm³/mol. The summed E-state index contributed by atoms with van der Waals surface area (Å²) >= 11 is 1.86. The Kier molecular flexibility index (Phi) is 3.37. The lowest BCUT2D eigenvalue weighted by Crippen LogP contribution is -1.94. The fraction of sp³-hybridized carbons (Fsp3) is 0.0833. The highest BCUT2D eigenvalue weighted by atomic mass is 127. The second-order valence-electron chi connectivity index (χ2n) is 3.66. The molecule has 0 N–H and O–H groups in total. The van der Waals surface area contributed by atoms with Crippen molar-refractivity contribution in [3.05, 3.63) is 55.9 Å². The number of rotatable bonds is 2. The highest BCUT2D eigenvalue weighted by molar-refractivity contribution is 14.1. The Morgan fingerprint density at radius 2 is 1.88 bits per heavy atom. The smallest absolute Gasteiger partial charge is 0.258 e. The summed E-state index contributed by atoms with van der Waals surface area (Å²) in [4.78, 5) is 14.5. The zero-order chi connectivity index (χ0) is 12.4. The van der Waals surface area contributed by atoms with Crippen LogP contribution in [-0.2, 0) is 0 Å². The molecule has 0 fully saturated rings. The Morgan fingerprint density at radius 1 is 1.24 bits per heavy atom. The van der Waals surface area contributed by atoms with Crippen LogP contribution in [0.1, 0.15) is 5.56 Å². The van der Waals surface area contributed by atoms with Gasteiger partial charge in [-0.05, 0) is 35.1 Å². The molecule has 17 heavy (non-hydrogen) atoms.